The molecule has 0 aromatic heterocycles. The molecule has 1 saturated heterocycles. The lowest BCUT2D eigenvalue weighted by atomic mass is 9.85. The first-order valence-electron chi connectivity index (χ1n) is 10.9. The minimum absolute atomic E-state index is 0.0256. The number of hydrogen-bond acceptors (Lipinski definition) is 5. The van der Waals surface area contributed by atoms with Crippen molar-refractivity contribution in [2.45, 2.75) is 38.3 Å². The van der Waals surface area contributed by atoms with Crippen LogP contribution in [-0.4, -0.2) is 57.0 Å². The van der Waals surface area contributed by atoms with E-state index in [-0.39, 0.29) is 24.4 Å². The maximum absolute atomic E-state index is 12.1. The number of halogens is 1. The molecule has 1 unspecified atom stereocenters. The Hall–Kier alpha value is -1.92. The van der Waals surface area contributed by atoms with Crippen molar-refractivity contribution in [3.63, 3.8) is 0 Å². The molecule has 3 rings (SSSR count). The van der Waals surface area contributed by atoms with Crippen LogP contribution in [-0.2, 0) is 32.0 Å². The van der Waals surface area contributed by atoms with E-state index in [9.17, 15) is 4.79 Å². The van der Waals surface area contributed by atoms with Crippen molar-refractivity contribution >= 4 is 17.6 Å². The first-order valence-corrected chi connectivity index (χ1v) is 11.3. The molecule has 168 valence electrons. The van der Waals surface area contributed by atoms with Crippen molar-refractivity contribution in [2.75, 3.05) is 40.0 Å². The summed E-state index contributed by atoms with van der Waals surface area (Å²) in [6.45, 7) is 6.93. The number of hydrogen-bond donors (Lipinski definition) is 0. The second kappa shape index (κ2) is 12.2. The molecule has 0 spiro atoms. The molecule has 0 saturated carbocycles. The molecule has 31 heavy (non-hydrogen) atoms. The molecule has 2 aromatic carbocycles. The fourth-order valence-corrected chi connectivity index (χ4v) is 4.13. The van der Waals surface area contributed by atoms with E-state index in [1.807, 2.05) is 31.2 Å². The molecule has 1 heterocycles. The van der Waals surface area contributed by atoms with Gasteiger partial charge in [-0.15, -0.1) is 0 Å². The van der Waals surface area contributed by atoms with Gasteiger partial charge in [0.15, 0.2) is 0 Å². The van der Waals surface area contributed by atoms with Crippen molar-refractivity contribution in [2.24, 2.45) is 0 Å². The van der Waals surface area contributed by atoms with Crippen LogP contribution in [0.2, 0.25) is 5.02 Å². The number of nitrogens with zero attached hydrogens (tertiary/aromatic N) is 1. The van der Waals surface area contributed by atoms with Gasteiger partial charge in [-0.3, -0.25) is 9.69 Å². The highest BCUT2D eigenvalue weighted by atomic mass is 35.5. The number of carbonyl (C=O) groups excluding carboxylic acids is 1. The summed E-state index contributed by atoms with van der Waals surface area (Å²) in [5, 5.41) is 0.712. The van der Waals surface area contributed by atoms with E-state index in [0.29, 0.717) is 11.6 Å². The highest BCUT2D eigenvalue weighted by molar-refractivity contribution is 6.30. The Morgan fingerprint density at radius 2 is 1.71 bits per heavy atom. The molecule has 0 amide bonds. The number of benzene rings is 2. The fraction of sp³-hybridized carbons (Fsp3) is 0.480. The number of rotatable bonds is 10. The van der Waals surface area contributed by atoms with Crippen LogP contribution in [0.1, 0.15) is 36.0 Å². The minimum Gasteiger partial charge on any atom is -0.469 e. The molecule has 0 aliphatic carbocycles. The lowest BCUT2D eigenvalue weighted by Crippen LogP contribution is -2.35. The second-order valence-electron chi connectivity index (χ2n) is 7.84. The molecule has 0 bridgehead atoms. The number of esters is 1. The van der Waals surface area contributed by atoms with Gasteiger partial charge < -0.3 is 14.2 Å². The predicted octanol–water partition coefficient (Wildman–Crippen LogP) is 4.47. The Bertz CT molecular complexity index is 803. The predicted molar refractivity (Wildman–Crippen MR) is 122 cm³/mol. The van der Waals surface area contributed by atoms with Crippen LogP contribution in [0.25, 0.3) is 0 Å². The molecular weight excluding hydrogens is 414 g/mol. The maximum atomic E-state index is 12.1. The molecular formula is C25H32ClNO4. The first kappa shape index (κ1) is 23.7. The summed E-state index contributed by atoms with van der Waals surface area (Å²) in [5.41, 5.74) is 3.58. The molecule has 1 fully saturated rings. The molecule has 6 heteroatoms. The Kier molecular flexibility index (Phi) is 9.34. The quantitative estimate of drug-likeness (QED) is 0.505. The highest BCUT2D eigenvalue weighted by Gasteiger charge is 2.27. The van der Waals surface area contributed by atoms with E-state index in [1.165, 1.54) is 12.7 Å². The summed E-state index contributed by atoms with van der Waals surface area (Å²) in [6.07, 6.45) is 0.706. The third-order valence-corrected chi connectivity index (χ3v) is 5.96. The van der Waals surface area contributed by atoms with E-state index >= 15 is 0 Å². The zero-order chi connectivity index (χ0) is 22.1. The fourth-order valence-electron chi connectivity index (χ4n) is 4.01. The van der Waals surface area contributed by atoms with Crippen molar-refractivity contribution in [3.8, 4) is 0 Å². The third-order valence-electron chi connectivity index (χ3n) is 5.71. The molecule has 1 aliphatic rings. The zero-order valence-corrected chi connectivity index (χ0v) is 19.1. The maximum Gasteiger partial charge on any atom is 0.308 e. The van der Waals surface area contributed by atoms with Gasteiger partial charge in [0.05, 0.1) is 32.8 Å². The van der Waals surface area contributed by atoms with Gasteiger partial charge in [-0.05, 0) is 42.2 Å². The van der Waals surface area contributed by atoms with E-state index in [2.05, 4.69) is 29.2 Å². The van der Waals surface area contributed by atoms with Gasteiger partial charge in [-0.25, -0.2) is 0 Å². The third kappa shape index (κ3) is 7.32. The van der Waals surface area contributed by atoms with Crippen molar-refractivity contribution in [1.82, 2.24) is 4.90 Å². The van der Waals surface area contributed by atoms with Gasteiger partial charge >= 0.3 is 5.97 Å². The van der Waals surface area contributed by atoms with Gasteiger partial charge in [0.25, 0.3) is 0 Å². The van der Waals surface area contributed by atoms with Gasteiger partial charge in [0.2, 0.25) is 0 Å². The summed E-state index contributed by atoms with van der Waals surface area (Å²) in [7, 11) is 1.42. The Labute approximate surface area is 190 Å². The summed E-state index contributed by atoms with van der Waals surface area (Å²) < 4.78 is 16.4. The smallest absolute Gasteiger partial charge is 0.308 e. The number of carbonyl (C=O) groups is 1. The average molecular weight is 446 g/mol. The SMILES string of the molecule is CCOC(CC(=O)OC)[C@H](Cc1ccc(Cl)cc1)c1ccc(CN2CCOCC2)cc1. The second-order valence-corrected chi connectivity index (χ2v) is 8.28. The molecule has 0 N–H and O–H groups in total. The standard InChI is InChI=1S/C25H32ClNO4/c1-3-31-24(17-25(28)29-2)23(16-19-6-10-22(26)11-7-19)21-8-4-20(5-9-21)18-27-12-14-30-15-13-27/h4-11,23-24H,3,12-18H2,1-2H3/t23-,24?/m1/s1. The van der Waals surface area contributed by atoms with E-state index in [0.717, 1.165) is 50.4 Å². The van der Waals surface area contributed by atoms with Crippen LogP contribution in [0.5, 0.6) is 0 Å². The van der Waals surface area contributed by atoms with Crippen LogP contribution in [0, 0.1) is 0 Å². The van der Waals surface area contributed by atoms with Gasteiger partial charge in [0, 0.05) is 37.2 Å². The first-order chi connectivity index (χ1) is 15.1. The van der Waals surface area contributed by atoms with Crippen LogP contribution in [0.4, 0.5) is 0 Å². The Morgan fingerprint density at radius 1 is 1.06 bits per heavy atom. The summed E-state index contributed by atoms with van der Waals surface area (Å²) >= 11 is 6.06. The van der Waals surface area contributed by atoms with Gasteiger partial charge in [-0.1, -0.05) is 48.0 Å². The van der Waals surface area contributed by atoms with E-state index in [1.54, 1.807) is 0 Å². The number of ether oxygens (including phenoxy) is 3. The van der Waals surface area contributed by atoms with Crippen LogP contribution >= 0.6 is 11.6 Å². The topological polar surface area (TPSA) is 48.0 Å². The minimum atomic E-state index is -0.266. The van der Waals surface area contributed by atoms with Crippen molar-refractivity contribution in [1.29, 1.82) is 0 Å². The highest BCUT2D eigenvalue weighted by Crippen LogP contribution is 2.30. The summed E-state index contributed by atoms with van der Waals surface area (Å²) in [6, 6.07) is 16.6. The summed E-state index contributed by atoms with van der Waals surface area (Å²) in [4.78, 5) is 14.5. The molecule has 1 aliphatic heterocycles. The van der Waals surface area contributed by atoms with E-state index < -0.39 is 0 Å². The largest absolute Gasteiger partial charge is 0.469 e. The summed E-state index contributed by atoms with van der Waals surface area (Å²) in [5.74, 6) is -0.235. The van der Waals surface area contributed by atoms with Crippen molar-refractivity contribution in [3.05, 3.63) is 70.2 Å². The van der Waals surface area contributed by atoms with Crippen LogP contribution < -0.4 is 0 Å². The van der Waals surface area contributed by atoms with Crippen molar-refractivity contribution < 1.29 is 19.0 Å². The monoisotopic (exact) mass is 445 g/mol. The molecule has 2 aromatic rings. The molecule has 2 atom stereocenters. The average Bonchev–Trinajstić information content (AvgIpc) is 2.80. The van der Waals surface area contributed by atoms with Crippen LogP contribution in [0.15, 0.2) is 48.5 Å². The van der Waals surface area contributed by atoms with Crippen LogP contribution in [0.3, 0.4) is 0 Å². The molecule has 5 nitrogen and oxygen atoms in total. The normalized spacial score (nSPS) is 16.6. The van der Waals surface area contributed by atoms with Gasteiger partial charge in [-0.2, -0.15) is 0 Å². The van der Waals surface area contributed by atoms with Gasteiger partial charge in [0.1, 0.15) is 0 Å². The lowest BCUT2D eigenvalue weighted by Gasteiger charge is -2.28. The number of methoxy groups -OCH3 is 1. The Balaban J connectivity index is 1.81. The Morgan fingerprint density at radius 3 is 2.32 bits per heavy atom. The zero-order valence-electron chi connectivity index (χ0n) is 18.4. The lowest BCUT2D eigenvalue weighted by molar-refractivity contribution is -0.144. The number of morpholine rings is 1. The van der Waals surface area contributed by atoms with E-state index in [4.69, 9.17) is 25.8 Å². The molecule has 0 radical (unpaired) electrons.